The summed E-state index contributed by atoms with van der Waals surface area (Å²) in [5.41, 5.74) is 5.71. The minimum atomic E-state index is -0.463. The van der Waals surface area contributed by atoms with Gasteiger partial charge in [-0.3, -0.25) is 4.79 Å². The highest BCUT2D eigenvalue weighted by Crippen LogP contribution is 2.28. The standard InChI is InChI=1S/C13H25NO/c1-11(2)7-6-8-12(15)13(14)9-4-3-5-10-13/h11H,3-10,14H2,1-2H3. The van der Waals surface area contributed by atoms with Gasteiger partial charge in [-0.25, -0.2) is 0 Å². The van der Waals surface area contributed by atoms with Gasteiger partial charge in [0.25, 0.3) is 0 Å². The van der Waals surface area contributed by atoms with E-state index < -0.39 is 5.54 Å². The predicted octanol–water partition coefficient (Wildman–Crippen LogP) is 3.04. The Morgan fingerprint density at radius 2 is 1.87 bits per heavy atom. The van der Waals surface area contributed by atoms with E-state index in [1.165, 1.54) is 6.42 Å². The van der Waals surface area contributed by atoms with Crippen molar-refractivity contribution in [3.8, 4) is 0 Å². The average molecular weight is 211 g/mol. The number of carbonyl (C=O) groups is 1. The van der Waals surface area contributed by atoms with Gasteiger partial charge in [-0.15, -0.1) is 0 Å². The molecule has 0 bridgehead atoms. The van der Waals surface area contributed by atoms with Gasteiger partial charge in [0.15, 0.2) is 5.78 Å². The minimum Gasteiger partial charge on any atom is -0.319 e. The molecule has 0 spiro atoms. The summed E-state index contributed by atoms with van der Waals surface area (Å²) in [6, 6.07) is 0. The van der Waals surface area contributed by atoms with Crippen LogP contribution in [0.1, 0.15) is 65.2 Å². The molecule has 0 aromatic heterocycles. The molecule has 0 aromatic carbocycles. The largest absolute Gasteiger partial charge is 0.319 e. The number of ketones is 1. The third kappa shape index (κ3) is 3.94. The first kappa shape index (κ1) is 12.7. The lowest BCUT2D eigenvalue weighted by atomic mass is 9.78. The molecule has 1 aliphatic carbocycles. The lowest BCUT2D eigenvalue weighted by Crippen LogP contribution is -2.49. The fraction of sp³-hybridized carbons (Fsp3) is 0.923. The number of hydrogen-bond donors (Lipinski definition) is 1. The fourth-order valence-corrected chi connectivity index (χ4v) is 2.38. The molecule has 0 atom stereocenters. The first-order valence-electron chi connectivity index (χ1n) is 6.37. The lowest BCUT2D eigenvalue weighted by molar-refractivity contribution is -0.125. The van der Waals surface area contributed by atoms with Crippen molar-refractivity contribution in [2.45, 2.75) is 70.8 Å². The van der Waals surface area contributed by atoms with Gasteiger partial charge in [-0.05, 0) is 25.2 Å². The molecule has 2 N–H and O–H groups in total. The van der Waals surface area contributed by atoms with Gasteiger partial charge in [0.2, 0.25) is 0 Å². The van der Waals surface area contributed by atoms with Gasteiger partial charge in [-0.2, -0.15) is 0 Å². The van der Waals surface area contributed by atoms with Crippen molar-refractivity contribution < 1.29 is 4.79 Å². The van der Waals surface area contributed by atoms with Crippen LogP contribution in [-0.4, -0.2) is 11.3 Å². The van der Waals surface area contributed by atoms with Crippen LogP contribution in [0.3, 0.4) is 0 Å². The molecule has 1 aliphatic rings. The van der Waals surface area contributed by atoms with Gasteiger partial charge >= 0.3 is 0 Å². The predicted molar refractivity (Wildman–Crippen MR) is 63.7 cm³/mol. The van der Waals surface area contributed by atoms with Crippen LogP contribution < -0.4 is 5.73 Å². The van der Waals surface area contributed by atoms with E-state index in [1.807, 2.05) is 0 Å². The monoisotopic (exact) mass is 211 g/mol. The Morgan fingerprint density at radius 3 is 2.40 bits per heavy atom. The first-order chi connectivity index (χ1) is 7.04. The summed E-state index contributed by atoms with van der Waals surface area (Å²) in [4.78, 5) is 12.0. The Balaban J connectivity index is 2.31. The Labute approximate surface area is 93.6 Å². The molecule has 2 nitrogen and oxygen atoms in total. The zero-order chi connectivity index (χ0) is 11.3. The van der Waals surface area contributed by atoms with E-state index in [0.717, 1.165) is 38.5 Å². The van der Waals surface area contributed by atoms with Gasteiger partial charge in [0, 0.05) is 6.42 Å². The second kappa shape index (κ2) is 5.64. The van der Waals surface area contributed by atoms with Crippen LogP contribution in [-0.2, 0) is 4.79 Å². The van der Waals surface area contributed by atoms with Gasteiger partial charge in [0.05, 0.1) is 5.54 Å². The van der Waals surface area contributed by atoms with Crippen molar-refractivity contribution in [1.82, 2.24) is 0 Å². The normalized spacial score (nSPS) is 20.5. The molecule has 0 amide bonds. The molecule has 1 saturated carbocycles. The molecule has 15 heavy (non-hydrogen) atoms. The maximum absolute atomic E-state index is 12.0. The summed E-state index contributed by atoms with van der Waals surface area (Å²) in [5.74, 6) is 1.00. The zero-order valence-corrected chi connectivity index (χ0v) is 10.2. The van der Waals surface area contributed by atoms with Crippen molar-refractivity contribution >= 4 is 5.78 Å². The minimum absolute atomic E-state index is 0.308. The Morgan fingerprint density at radius 1 is 1.27 bits per heavy atom. The van der Waals surface area contributed by atoms with Crippen LogP contribution in [0.25, 0.3) is 0 Å². The summed E-state index contributed by atoms with van der Waals surface area (Å²) in [6.45, 7) is 4.40. The zero-order valence-electron chi connectivity index (χ0n) is 10.2. The number of carbonyl (C=O) groups excluding carboxylic acids is 1. The van der Waals surface area contributed by atoms with Crippen LogP contribution in [0.2, 0.25) is 0 Å². The number of Topliss-reactive ketones (excluding diaryl/α,β-unsaturated/α-hetero) is 1. The molecule has 0 saturated heterocycles. The Kier molecular flexibility index (Phi) is 4.78. The Hall–Kier alpha value is -0.370. The molecule has 0 unspecified atom stereocenters. The average Bonchev–Trinajstić information content (AvgIpc) is 2.18. The summed E-state index contributed by atoms with van der Waals surface area (Å²) in [5, 5.41) is 0. The van der Waals surface area contributed by atoms with Crippen LogP contribution in [0.5, 0.6) is 0 Å². The highest BCUT2D eigenvalue weighted by Gasteiger charge is 2.34. The van der Waals surface area contributed by atoms with Crippen molar-refractivity contribution in [2.24, 2.45) is 11.7 Å². The SMILES string of the molecule is CC(C)CCCC(=O)C1(N)CCCCC1. The van der Waals surface area contributed by atoms with Crippen molar-refractivity contribution in [3.63, 3.8) is 0 Å². The molecule has 0 aromatic rings. The highest BCUT2D eigenvalue weighted by atomic mass is 16.1. The van der Waals surface area contributed by atoms with Crippen molar-refractivity contribution in [3.05, 3.63) is 0 Å². The van der Waals surface area contributed by atoms with E-state index in [9.17, 15) is 4.79 Å². The smallest absolute Gasteiger partial charge is 0.152 e. The maximum atomic E-state index is 12.0. The summed E-state index contributed by atoms with van der Waals surface area (Å²) < 4.78 is 0. The van der Waals surface area contributed by atoms with E-state index in [0.29, 0.717) is 18.1 Å². The van der Waals surface area contributed by atoms with E-state index in [2.05, 4.69) is 13.8 Å². The number of nitrogens with two attached hydrogens (primary N) is 1. The molecule has 88 valence electrons. The van der Waals surface area contributed by atoms with Crippen LogP contribution in [0, 0.1) is 5.92 Å². The second-order valence-electron chi connectivity index (χ2n) is 5.43. The Bertz CT molecular complexity index is 205. The van der Waals surface area contributed by atoms with Gasteiger partial charge in [0.1, 0.15) is 0 Å². The summed E-state index contributed by atoms with van der Waals surface area (Å²) in [7, 11) is 0. The topological polar surface area (TPSA) is 43.1 Å². The molecular formula is C13H25NO. The molecule has 0 aliphatic heterocycles. The number of rotatable bonds is 5. The fourth-order valence-electron chi connectivity index (χ4n) is 2.38. The first-order valence-corrected chi connectivity index (χ1v) is 6.37. The van der Waals surface area contributed by atoms with E-state index in [4.69, 9.17) is 5.73 Å². The number of hydrogen-bond acceptors (Lipinski definition) is 2. The second-order valence-corrected chi connectivity index (χ2v) is 5.43. The van der Waals surface area contributed by atoms with E-state index in [-0.39, 0.29) is 0 Å². The summed E-state index contributed by atoms with van der Waals surface area (Å²) >= 11 is 0. The van der Waals surface area contributed by atoms with Gasteiger partial charge in [-0.1, -0.05) is 39.5 Å². The highest BCUT2D eigenvalue weighted by molar-refractivity contribution is 5.88. The van der Waals surface area contributed by atoms with Crippen LogP contribution >= 0.6 is 0 Å². The summed E-state index contributed by atoms with van der Waals surface area (Å²) in [6.07, 6.45) is 8.17. The molecule has 1 fully saturated rings. The maximum Gasteiger partial charge on any atom is 0.152 e. The molecular weight excluding hydrogens is 186 g/mol. The molecule has 0 heterocycles. The molecule has 2 heteroatoms. The van der Waals surface area contributed by atoms with Crippen LogP contribution in [0.4, 0.5) is 0 Å². The van der Waals surface area contributed by atoms with E-state index in [1.54, 1.807) is 0 Å². The van der Waals surface area contributed by atoms with E-state index >= 15 is 0 Å². The molecule has 1 rings (SSSR count). The van der Waals surface area contributed by atoms with Crippen molar-refractivity contribution in [1.29, 1.82) is 0 Å². The lowest BCUT2D eigenvalue weighted by Gasteiger charge is -2.31. The third-order valence-corrected chi connectivity index (χ3v) is 3.49. The van der Waals surface area contributed by atoms with Crippen LogP contribution in [0.15, 0.2) is 0 Å². The van der Waals surface area contributed by atoms with Crippen molar-refractivity contribution in [2.75, 3.05) is 0 Å². The molecule has 0 radical (unpaired) electrons. The third-order valence-electron chi connectivity index (χ3n) is 3.49. The quantitative estimate of drug-likeness (QED) is 0.759. The van der Waals surface area contributed by atoms with Gasteiger partial charge < -0.3 is 5.73 Å².